The highest BCUT2D eigenvalue weighted by Crippen LogP contribution is 2.44. The summed E-state index contributed by atoms with van der Waals surface area (Å²) in [6.45, 7) is -0.162. The van der Waals surface area contributed by atoms with Crippen LogP contribution in [-0.2, 0) is 14.3 Å². The Kier molecular flexibility index (Phi) is 7.47. The number of ether oxygens (including phenoxy) is 1. The number of fused-ring (bicyclic) bond motifs is 3. The van der Waals surface area contributed by atoms with E-state index in [9.17, 15) is 19.5 Å². The number of aliphatic carboxylic acids is 1. The first-order chi connectivity index (χ1) is 16.5. The molecule has 4 rings (SSSR count). The Labute approximate surface area is 198 Å². The molecule has 8 nitrogen and oxygen atoms in total. The lowest BCUT2D eigenvalue weighted by Gasteiger charge is -2.31. The standard InChI is InChI=1S/C26H30N2O6/c29-14-13-23(25(31)32)27-24(30)20-11-5-6-12-22(20)28-26(33)34-15-21-18-9-3-1-7-16(18)17-8-2-4-10-19(17)21/h1-4,7-10,20-23,29H,5-6,11-15H2,(H,27,30)(H,28,33)(H,31,32)/t20-,22+,23+/m0/s1. The van der Waals surface area contributed by atoms with Gasteiger partial charge >= 0.3 is 12.1 Å². The van der Waals surface area contributed by atoms with Crippen LogP contribution in [0.1, 0.15) is 49.1 Å². The second-order valence-corrected chi connectivity index (χ2v) is 8.88. The number of amides is 2. The van der Waals surface area contributed by atoms with Crippen molar-refractivity contribution in [2.75, 3.05) is 13.2 Å². The highest BCUT2D eigenvalue weighted by atomic mass is 16.5. The van der Waals surface area contributed by atoms with Gasteiger partial charge in [-0.3, -0.25) is 4.79 Å². The minimum absolute atomic E-state index is 0.0570. The monoisotopic (exact) mass is 466 g/mol. The summed E-state index contributed by atoms with van der Waals surface area (Å²) in [6.07, 6.45) is 2.18. The second kappa shape index (κ2) is 10.7. The number of benzene rings is 2. The maximum atomic E-state index is 12.8. The SMILES string of the molecule is O=C(N[C@@H]1CCCC[C@@H]1C(=O)N[C@H](CCO)C(=O)O)OCC1c2ccccc2-c2ccccc21. The summed E-state index contributed by atoms with van der Waals surface area (Å²) in [5, 5.41) is 23.7. The largest absolute Gasteiger partial charge is 0.480 e. The number of carboxylic acids is 1. The van der Waals surface area contributed by atoms with E-state index in [1.54, 1.807) is 0 Å². The van der Waals surface area contributed by atoms with Gasteiger partial charge in [-0.1, -0.05) is 61.4 Å². The molecule has 34 heavy (non-hydrogen) atoms. The highest BCUT2D eigenvalue weighted by Gasteiger charge is 2.35. The predicted octanol–water partition coefficient (Wildman–Crippen LogP) is 3.04. The third-order valence-corrected chi connectivity index (χ3v) is 6.78. The molecule has 0 spiro atoms. The quantitative estimate of drug-likeness (QED) is 0.474. The van der Waals surface area contributed by atoms with Gasteiger partial charge < -0.3 is 25.6 Å². The third-order valence-electron chi connectivity index (χ3n) is 6.78. The van der Waals surface area contributed by atoms with Crippen molar-refractivity contribution in [2.45, 2.75) is 50.1 Å². The van der Waals surface area contributed by atoms with Crippen LogP contribution >= 0.6 is 0 Å². The molecule has 0 saturated heterocycles. The van der Waals surface area contributed by atoms with Gasteiger partial charge in [0.1, 0.15) is 12.6 Å². The van der Waals surface area contributed by atoms with E-state index in [0.29, 0.717) is 12.8 Å². The van der Waals surface area contributed by atoms with Crippen molar-refractivity contribution in [3.8, 4) is 11.1 Å². The maximum Gasteiger partial charge on any atom is 0.407 e. The molecule has 2 aromatic rings. The Hall–Kier alpha value is -3.39. The minimum atomic E-state index is -1.20. The Balaban J connectivity index is 1.38. The number of nitrogens with one attached hydrogen (secondary N) is 2. The van der Waals surface area contributed by atoms with Crippen LogP contribution in [-0.4, -0.2) is 53.5 Å². The van der Waals surface area contributed by atoms with Gasteiger partial charge in [0.25, 0.3) is 0 Å². The smallest absolute Gasteiger partial charge is 0.407 e. The van der Waals surface area contributed by atoms with E-state index in [1.165, 1.54) is 0 Å². The zero-order valence-corrected chi connectivity index (χ0v) is 18.9. The van der Waals surface area contributed by atoms with E-state index in [1.807, 2.05) is 36.4 Å². The Bertz CT molecular complexity index is 1010. The third kappa shape index (κ3) is 5.07. The number of hydrogen-bond donors (Lipinski definition) is 4. The fourth-order valence-corrected chi connectivity index (χ4v) is 5.07. The highest BCUT2D eigenvalue weighted by molar-refractivity contribution is 5.86. The van der Waals surface area contributed by atoms with Gasteiger partial charge in [-0.2, -0.15) is 0 Å². The van der Waals surface area contributed by atoms with Crippen LogP contribution in [0.3, 0.4) is 0 Å². The zero-order valence-electron chi connectivity index (χ0n) is 18.9. The first-order valence-corrected chi connectivity index (χ1v) is 11.7. The maximum absolute atomic E-state index is 12.8. The average molecular weight is 467 g/mol. The van der Waals surface area contributed by atoms with Crippen LogP contribution in [0.15, 0.2) is 48.5 Å². The second-order valence-electron chi connectivity index (χ2n) is 8.88. The Morgan fingerprint density at radius 3 is 2.21 bits per heavy atom. The molecule has 3 atom stereocenters. The molecule has 0 heterocycles. The fourth-order valence-electron chi connectivity index (χ4n) is 5.07. The van der Waals surface area contributed by atoms with Gasteiger partial charge in [0.15, 0.2) is 0 Å². The minimum Gasteiger partial charge on any atom is -0.480 e. The zero-order chi connectivity index (χ0) is 24.1. The Morgan fingerprint density at radius 1 is 0.971 bits per heavy atom. The lowest BCUT2D eigenvalue weighted by atomic mass is 9.83. The van der Waals surface area contributed by atoms with Crippen LogP contribution in [0.4, 0.5) is 4.79 Å². The van der Waals surface area contributed by atoms with Crippen molar-refractivity contribution in [1.82, 2.24) is 10.6 Å². The van der Waals surface area contributed by atoms with Crippen molar-refractivity contribution < 1.29 is 29.3 Å². The van der Waals surface area contributed by atoms with E-state index in [0.717, 1.165) is 35.1 Å². The molecule has 8 heteroatoms. The first kappa shape index (κ1) is 23.8. The molecule has 1 saturated carbocycles. The molecular formula is C26H30N2O6. The number of carbonyl (C=O) groups excluding carboxylic acids is 2. The molecule has 4 N–H and O–H groups in total. The molecule has 0 bridgehead atoms. The van der Waals surface area contributed by atoms with Crippen molar-refractivity contribution in [3.05, 3.63) is 59.7 Å². The topological polar surface area (TPSA) is 125 Å². The van der Waals surface area contributed by atoms with Crippen molar-refractivity contribution >= 4 is 18.0 Å². The lowest BCUT2D eigenvalue weighted by Crippen LogP contribution is -2.52. The van der Waals surface area contributed by atoms with E-state index in [4.69, 9.17) is 9.84 Å². The van der Waals surface area contributed by atoms with Crippen molar-refractivity contribution in [1.29, 1.82) is 0 Å². The van der Waals surface area contributed by atoms with Gasteiger partial charge in [-0.05, 0) is 35.1 Å². The summed E-state index contributed by atoms with van der Waals surface area (Å²) in [4.78, 5) is 36.8. The number of carbonyl (C=O) groups is 3. The van der Waals surface area contributed by atoms with E-state index in [-0.39, 0.29) is 25.6 Å². The number of hydrogen-bond acceptors (Lipinski definition) is 5. The summed E-state index contributed by atoms with van der Waals surface area (Å²) in [6, 6.07) is 14.6. The van der Waals surface area contributed by atoms with Gasteiger partial charge in [-0.25, -0.2) is 9.59 Å². The van der Waals surface area contributed by atoms with Crippen LogP contribution in [0, 0.1) is 5.92 Å². The lowest BCUT2D eigenvalue weighted by molar-refractivity contribution is -0.143. The van der Waals surface area contributed by atoms with E-state index >= 15 is 0 Å². The van der Waals surface area contributed by atoms with Gasteiger partial charge in [-0.15, -0.1) is 0 Å². The molecular weight excluding hydrogens is 436 g/mol. The van der Waals surface area contributed by atoms with E-state index in [2.05, 4.69) is 22.8 Å². The van der Waals surface area contributed by atoms with Crippen LogP contribution in [0.5, 0.6) is 0 Å². The molecule has 0 radical (unpaired) electrons. The summed E-state index contributed by atoms with van der Waals surface area (Å²) >= 11 is 0. The van der Waals surface area contributed by atoms with Gasteiger partial charge in [0, 0.05) is 25.0 Å². The summed E-state index contributed by atoms with van der Waals surface area (Å²) in [5.74, 6) is -2.23. The van der Waals surface area contributed by atoms with Gasteiger partial charge in [0.2, 0.25) is 5.91 Å². The van der Waals surface area contributed by atoms with Crippen molar-refractivity contribution in [3.63, 3.8) is 0 Å². The number of alkyl carbamates (subject to hydrolysis) is 1. The molecule has 2 amide bonds. The normalized spacial score (nSPS) is 20.0. The molecule has 2 aliphatic rings. The van der Waals surface area contributed by atoms with Crippen molar-refractivity contribution in [2.24, 2.45) is 5.92 Å². The van der Waals surface area contributed by atoms with E-state index < -0.39 is 36.0 Å². The molecule has 0 unspecified atom stereocenters. The average Bonchev–Trinajstić information content (AvgIpc) is 3.16. The molecule has 1 fully saturated rings. The fraction of sp³-hybridized carbons (Fsp3) is 0.423. The molecule has 0 aromatic heterocycles. The molecule has 2 aliphatic carbocycles. The van der Waals surface area contributed by atoms with Crippen LogP contribution < -0.4 is 10.6 Å². The number of carboxylic acid groups (broad SMARTS) is 1. The molecule has 2 aromatic carbocycles. The molecule has 180 valence electrons. The first-order valence-electron chi connectivity index (χ1n) is 11.7. The summed E-state index contributed by atoms with van der Waals surface area (Å²) in [7, 11) is 0. The molecule has 0 aliphatic heterocycles. The number of aliphatic hydroxyl groups is 1. The number of aliphatic hydroxyl groups excluding tert-OH is 1. The predicted molar refractivity (Wildman–Crippen MR) is 125 cm³/mol. The van der Waals surface area contributed by atoms with Crippen LogP contribution in [0.25, 0.3) is 11.1 Å². The Morgan fingerprint density at radius 2 is 1.59 bits per heavy atom. The van der Waals surface area contributed by atoms with Gasteiger partial charge in [0.05, 0.1) is 5.92 Å². The summed E-state index contributed by atoms with van der Waals surface area (Å²) in [5.41, 5.74) is 4.53. The van der Waals surface area contributed by atoms with Crippen LogP contribution in [0.2, 0.25) is 0 Å². The summed E-state index contributed by atoms with van der Waals surface area (Å²) < 4.78 is 5.62. The number of rotatable bonds is 8.